The first-order chi connectivity index (χ1) is 8.51. The summed E-state index contributed by atoms with van der Waals surface area (Å²) in [5, 5.41) is 9.04. The van der Waals surface area contributed by atoms with Crippen molar-refractivity contribution < 1.29 is 13.5 Å². The maximum absolute atomic E-state index is 12.1. The second-order valence-corrected chi connectivity index (χ2v) is 7.03. The van der Waals surface area contributed by atoms with E-state index in [0.29, 0.717) is 12.5 Å². The highest BCUT2D eigenvalue weighted by molar-refractivity contribution is 7.88. The van der Waals surface area contributed by atoms with Gasteiger partial charge in [0, 0.05) is 13.6 Å². The Hall–Kier alpha value is -0.910. The molecule has 1 N–H and O–H groups in total. The van der Waals surface area contributed by atoms with E-state index < -0.39 is 10.0 Å². The van der Waals surface area contributed by atoms with E-state index in [1.165, 1.54) is 4.31 Å². The van der Waals surface area contributed by atoms with Crippen LogP contribution in [-0.4, -0.2) is 31.4 Å². The number of nitrogens with zero attached hydrogens (tertiary/aromatic N) is 1. The highest BCUT2D eigenvalue weighted by Crippen LogP contribution is 2.30. The molecule has 1 saturated carbocycles. The Morgan fingerprint density at radius 1 is 1.33 bits per heavy atom. The Kier molecular flexibility index (Phi) is 4.04. The summed E-state index contributed by atoms with van der Waals surface area (Å²) < 4.78 is 25.7. The minimum atomic E-state index is -3.24. The van der Waals surface area contributed by atoms with Gasteiger partial charge in [0.2, 0.25) is 10.0 Å². The van der Waals surface area contributed by atoms with E-state index in [0.717, 1.165) is 24.0 Å². The number of rotatable bonds is 6. The van der Waals surface area contributed by atoms with Crippen LogP contribution in [0.5, 0.6) is 0 Å². The van der Waals surface area contributed by atoms with Crippen molar-refractivity contribution in [2.24, 2.45) is 5.92 Å². The molecule has 1 aliphatic rings. The van der Waals surface area contributed by atoms with Gasteiger partial charge in [-0.25, -0.2) is 12.7 Å². The van der Waals surface area contributed by atoms with Crippen LogP contribution < -0.4 is 0 Å². The van der Waals surface area contributed by atoms with Gasteiger partial charge >= 0.3 is 0 Å². The molecule has 2 rings (SSSR count). The average Bonchev–Trinajstić information content (AvgIpc) is 3.12. The quantitative estimate of drug-likeness (QED) is 0.848. The number of benzene rings is 1. The largest absolute Gasteiger partial charge is 0.392 e. The molecule has 0 aromatic heterocycles. The lowest BCUT2D eigenvalue weighted by molar-refractivity contribution is 0.281. The van der Waals surface area contributed by atoms with Gasteiger partial charge in [0.25, 0.3) is 0 Å². The van der Waals surface area contributed by atoms with E-state index in [9.17, 15) is 8.42 Å². The molecule has 0 amide bonds. The van der Waals surface area contributed by atoms with Crippen molar-refractivity contribution in [1.29, 1.82) is 0 Å². The fourth-order valence-electron chi connectivity index (χ4n) is 1.92. The Bertz CT molecular complexity index is 509. The molecular formula is C13H19NO3S. The molecule has 5 heteroatoms. The average molecular weight is 269 g/mol. The van der Waals surface area contributed by atoms with Crippen LogP contribution in [0.3, 0.4) is 0 Å². The van der Waals surface area contributed by atoms with Crippen LogP contribution in [0.2, 0.25) is 0 Å². The first-order valence-electron chi connectivity index (χ1n) is 6.14. The molecule has 0 bridgehead atoms. The van der Waals surface area contributed by atoms with E-state index in [1.54, 1.807) is 31.3 Å². The zero-order chi connectivity index (χ0) is 13.2. The van der Waals surface area contributed by atoms with Crippen LogP contribution in [-0.2, 0) is 22.4 Å². The Labute approximate surface area is 108 Å². The Morgan fingerprint density at radius 3 is 2.61 bits per heavy atom. The third kappa shape index (κ3) is 3.54. The highest BCUT2D eigenvalue weighted by atomic mass is 32.2. The summed E-state index contributed by atoms with van der Waals surface area (Å²) in [5.74, 6) is 0.554. The van der Waals surface area contributed by atoms with Gasteiger partial charge in [0.05, 0.1) is 12.4 Å². The molecule has 0 saturated heterocycles. The van der Waals surface area contributed by atoms with Crippen molar-refractivity contribution in [2.45, 2.75) is 25.2 Å². The Balaban J connectivity index is 2.05. The van der Waals surface area contributed by atoms with Crippen LogP contribution in [0.1, 0.15) is 24.0 Å². The van der Waals surface area contributed by atoms with Gasteiger partial charge in [-0.05, 0) is 29.9 Å². The second kappa shape index (κ2) is 5.38. The topological polar surface area (TPSA) is 57.6 Å². The first-order valence-corrected chi connectivity index (χ1v) is 7.75. The summed E-state index contributed by atoms with van der Waals surface area (Å²) in [4.78, 5) is 0. The molecular weight excluding hydrogens is 250 g/mol. The summed E-state index contributed by atoms with van der Waals surface area (Å²) in [5.41, 5.74) is 1.47. The maximum atomic E-state index is 12.1. The zero-order valence-electron chi connectivity index (χ0n) is 10.5. The van der Waals surface area contributed by atoms with Gasteiger partial charge in [-0.1, -0.05) is 24.3 Å². The molecule has 1 aliphatic carbocycles. The minimum Gasteiger partial charge on any atom is -0.392 e. The number of sulfonamides is 1. The first kappa shape index (κ1) is 13.5. The lowest BCUT2D eigenvalue weighted by Crippen LogP contribution is -2.30. The van der Waals surface area contributed by atoms with E-state index in [2.05, 4.69) is 0 Å². The van der Waals surface area contributed by atoms with Crippen molar-refractivity contribution in [2.75, 3.05) is 13.6 Å². The van der Waals surface area contributed by atoms with Crippen molar-refractivity contribution in [3.05, 3.63) is 35.4 Å². The molecule has 0 spiro atoms. The summed E-state index contributed by atoms with van der Waals surface area (Å²) in [6.07, 6.45) is 2.28. The smallest absolute Gasteiger partial charge is 0.218 e. The molecule has 0 radical (unpaired) electrons. The van der Waals surface area contributed by atoms with E-state index >= 15 is 0 Å². The molecule has 4 nitrogen and oxygen atoms in total. The lowest BCUT2D eigenvalue weighted by atomic mass is 10.1. The lowest BCUT2D eigenvalue weighted by Gasteiger charge is -2.17. The predicted molar refractivity (Wildman–Crippen MR) is 70.3 cm³/mol. The summed E-state index contributed by atoms with van der Waals surface area (Å²) in [6.45, 7) is 0.563. The molecule has 18 heavy (non-hydrogen) atoms. The summed E-state index contributed by atoms with van der Waals surface area (Å²) in [6, 6.07) is 7.07. The van der Waals surface area contributed by atoms with Gasteiger partial charge < -0.3 is 5.11 Å². The molecule has 1 aromatic carbocycles. The Morgan fingerprint density at radius 2 is 2.00 bits per heavy atom. The standard InChI is InChI=1S/C13H19NO3S/c1-14(8-11-5-6-11)18(16,17)10-13-4-2-3-12(7-13)9-15/h2-4,7,11,15H,5-6,8-10H2,1H3. The second-order valence-electron chi connectivity index (χ2n) is 4.96. The highest BCUT2D eigenvalue weighted by Gasteiger charge is 2.28. The van der Waals surface area contributed by atoms with Crippen molar-refractivity contribution in [1.82, 2.24) is 4.31 Å². The minimum absolute atomic E-state index is 0.00403. The van der Waals surface area contributed by atoms with Crippen molar-refractivity contribution >= 4 is 10.0 Å². The van der Waals surface area contributed by atoms with Crippen molar-refractivity contribution in [3.63, 3.8) is 0 Å². The van der Waals surface area contributed by atoms with E-state index in [1.807, 2.05) is 0 Å². The number of aliphatic hydroxyl groups is 1. The third-order valence-corrected chi connectivity index (χ3v) is 5.01. The van der Waals surface area contributed by atoms with Crippen LogP contribution in [0.15, 0.2) is 24.3 Å². The molecule has 1 fully saturated rings. The summed E-state index contributed by atoms with van der Waals surface area (Å²) >= 11 is 0. The van der Waals surface area contributed by atoms with Crippen LogP contribution in [0.25, 0.3) is 0 Å². The van der Waals surface area contributed by atoms with Gasteiger partial charge in [0.1, 0.15) is 0 Å². The van der Waals surface area contributed by atoms with Gasteiger partial charge in [-0.2, -0.15) is 0 Å². The monoisotopic (exact) mass is 269 g/mol. The number of hydrogen-bond acceptors (Lipinski definition) is 3. The molecule has 100 valence electrons. The SMILES string of the molecule is CN(CC1CC1)S(=O)(=O)Cc1cccc(CO)c1. The van der Waals surface area contributed by atoms with Crippen molar-refractivity contribution in [3.8, 4) is 0 Å². The normalized spacial score (nSPS) is 16.2. The maximum Gasteiger partial charge on any atom is 0.218 e. The van der Waals surface area contributed by atoms with Gasteiger partial charge in [-0.15, -0.1) is 0 Å². The van der Waals surface area contributed by atoms with Gasteiger partial charge in [-0.3, -0.25) is 0 Å². The van der Waals surface area contributed by atoms with Gasteiger partial charge in [0.15, 0.2) is 0 Å². The van der Waals surface area contributed by atoms with Crippen LogP contribution in [0, 0.1) is 5.92 Å². The number of hydrogen-bond donors (Lipinski definition) is 1. The predicted octanol–water partition coefficient (Wildman–Crippen LogP) is 1.35. The summed E-state index contributed by atoms with van der Waals surface area (Å²) in [7, 11) is -1.60. The third-order valence-electron chi connectivity index (χ3n) is 3.21. The molecule has 0 unspecified atom stereocenters. The molecule has 0 aliphatic heterocycles. The van der Waals surface area contributed by atoms with Crippen LogP contribution >= 0.6 is 0 Å². The molecule has 0 heterocycles. The fraction of sp³-hybridized carbons (Fsp3) is 0.538. The molecule has 1 aromatic rings. The molecule has 0 atom stereocenters. The van der Waals surface area contributed by atoms with E-state index in [-0.39, 0.29) is 12.4 Å². The van der Waals surface area contributed by atoms with E-state index in [4.69, 9.17) is 5.11 Å². The van der Waals surface area contributed by atoms with Crippen LogP contribution in [0.4, 0.5) is 0 Å². The number of aliphatic hydroxyl groups excluding tert-OH is 1. The fourth-order valence-corrected chi connectivity index (χ4v) is 3.18. The zero-order valence-corrected chi connectivity index (χ0v) is 11.4.